The highest BCUT2D eigenvalue weighted by molar-refractivity contribution is 7.16. The van der Waals surface area contributed by atoms with Crippen LogP contribution in [0.5, 0.6) is 0 Å². The molecule has 1 rings (SSSR count). The van der Waals surface area contributed by atoms with Gasteiger partial charge in [-0.05, 0) is 0 Å². The fourth-order valence-electron chi connectivity index (χ4n) is 1.31. The lowest BCUT2D eigenvalue weighted by Crippen LogP contribution is -1.98. The van der Waals surface area contributed by atoms with E-state index in [-0.39, 0.29) is 0 Å². The van der Waals surface area contributed by atoms with E-state index in [9.17, 15) is 0 Å². The Morgan fingerprint density at radius 3 is 1.90 bits per heavy atom. The number of hydrogen-bond donors (Lipinski definition) is 1. The summed E-state index contributed by atoms with van der Waals surface area (Å²) < 4.78 is 9.63. The largest absolute Gasteiger partial charge is 0.324 e. The molecule has 1 aliphatic rings. The van der Waals surface area contributed by atoms with E-state index in [2.05, 4.69) is 0 Å². The lowest BCUT2D eigenvalue weighted by molar-refractivity contribution is 0.504. The second-order valence-electron chi connectivity index (χ2n) is 2.82. The third kappa shape index (κ3) is 6.71. The smallest absolute Gasteiger partial charge is 0.310 e. The van der Waals surface area contributed by atoms with Crippen molar-refractivity contribution in [1.29, 1.82) is 0 Å². The molecule has 0 saturated heterocycles. The first kappa shape index (κ1) is 10.6. The number of hydrogen-bond acceptors (Lipinski definition) is 1. The van der Waals surface area contributed by atoms with Crippen LogP contribution < -0.4 is 0 Å². The molecule has 0 amide bonds. The van der Waals surface area contributed by atoms with Gasteiger partial charge in [0.2, 0.25) is 16.3 Å². The summed E-state index contributed by atoms with van der Waals surface area (Å²) in [6, 6.07) is 0. The highest BCUT2D eigenvalue weighted by atomic mass is 31.1. The Hall–Kier alpha value is 0.592. The van der Waals surface area contributed by atoms with Gasteiger partial charge in [-0.3, -0.25) is 0 Å². The lowest BCUT2D eigenvalue weighted by Gasteiger charge is -2.15. The van der Waals surface area contributed by atoms with Crippen LogP contribution in [-0.4, -0.2) is 21.2 Å². The van der Waals surface area contributed by atoms with Crippen LogP contribution in [0.1, 0.15) is 32.1 Å². The van der Waals surface area contributed by atoms with E-state index in [0.717, 1.165) is 0 Å². The molecule has 0 heterocycles. The van der Waals surface area contributed by atoms with Crippen LogP contribution >= 0.6 is 8.69 Å². The van der Waals surface area contributed by atoms with Gasteiger partial charge in [0, 0.05) is 0 Å². The van der Waals surface area contributed by atoms with Crippen LogP contribution in [0.15, 0.2) is 0 Å². The predicted octanol–water partition coefficient (Wildman–Crippen LogP) is 1.56. The minimum absolute atomic E-state index is 0.833. The van der Waals surface area contributed by atoms with Gasteiger partial charge in [-0.1, -0.05) is 36.9 Å². The summed E-state index contributed by atoms with van der Waals surface area (Å²) in [7, 11) is -0.833. The molecule has 2 nitrogen and oxygen atoms in total. The maximum absolute atomic E-state index is 8.46. The molecule has 4 heteroatoms. The van der Waals surface area contributed by atoms with Crippen molar-refractivity contribution in [2.45, 2.75) is 36.9 Å². The van der Waals surface area contributed by atoms with Crippen molar-refractivity contribution in [3.05, 3.63) is 0 Å². The standard InChI is InChI=1S/C6H11.Al.HO2P.2H/c1-2-4-6-5-3-1;;1-3-2;;/h1H,2-6H2;;(H,1,2);;. The lowest BCUT2D eigenvalue weighted by atomic mass is 10.0. The third-order valence-corrected chi connectivity index (χ3v) is 3.05. The van der Waals surface area contributed by atoms with E-state index in [4.69, 9.17) is 9.46 Å². The molecule has 0 unspecified atom stereocenters. The van der Waals surface area contributed by atoms with Gasteiger partial charge in [-0.15, -0.1) is 0 Å². The summed E-state index contributed by atoms with van der Waals surface area (Å²) in [6.45, 7) is 0. The van der Waals surface area contributed by atoms with Crippen LogP contribution in [0.3, 0.4) is 0 Å². The van der Waals surface area contributed by atoms with Crippen LogP contribution in [-0.2, 0) is 4.57 Å². The quantitative estimate of drug-likeness (QED) is 0.449. The zero-order valence-corrected chi connectivity index (χ0v) is 9.31. The highest BCUT2D eigenvalue weighted by Crippen LogP contribution is 2.24. The van der Waals surface area contributed by atoms with Gasteiger partial charge in [0.05, 0.1) is 0 Å². The van der Waals surface area contributed by atoms with Crippen molar-refractivity contribution >= 4 is 25.0 Å². The minimum Gasteiger partial charge on any atom is -0.310 e. The molecule has 0 aromatic carbocycles. The molecule has 0 radical (unpaired) electrons. The first-order valence-electron chi connectivity index (χ1n) is 3.78. The van der Waals surface area contributed by atoms with Crippen molar-refractivity contribution in [1.82, 2.24) is 0 Å². The first-order chi connectivity index (χ1) is 4.81. The summed E-state index contributed by atoms with van der Waals surface area (Å²) in [5.74, 6) is 0. The molecule has 10 heavy (non-hydrogen) atoms. The summed E-state index contributed by atoms with van der Waals surface area (Å²) in [4.78, 5) is 6.99. The van der Waals surface area contributed by atoms with Crippen LogP contribution in [0.25, 0.3) is 0 Å². The SMILES string of the molecule is O=PO.[AlH2][CH]1CCCCC1. The van der Waals surface area contributed by atoms with Gasteiger partial charge in [0.25, 0.3) is 0 Å². The molecule has 1 fully saturated rings. The zero-order valence-electron chi connectivity index (χ0n) is 6.42. The maximum atomic E-state index is 8.46. The Morgan fingerprint density at radius 2 is 1.70 bits per heavy atom. The van der Waals surface area contributed by atoms with Crippen molar-refractivity contribution in [2.75, 3.05) is 0 Å². The molecule has 0 bridgehead atoms. The van der Waals surface area contributed by atoms with Gasteiger partial charge in [-0.2, -0.15) is 0 Å². The molecule has 0 atom stereocenters. The predicted molar refractivity (Wildman–Crippen MR) is 45.2 cm³/mol. The highest BCUT2D eigenvalue weighted by Gasteiger charge is 2.06. The Labute approximate surface area is 71.7 Å². The summed E-state index contributed by atoms with van der Waals surface area (Å²) in [5.41, 5.74) is 0. The Kier molecular flexibility index (Phi) is 8.15. The van der Waals surface area contributed by atoms with E-state index in [1.54, 1.807) is 12.8 Å². The van der Waals surface area contributed by atoms with E-state index >= 15 is 0 Å². The van der Waals surface area contributed by atoms with E-state index in [1.165, 1.54) is 40.3 Å². The molecule has 0 aliphatic heterocycles. The molecule has 58 valence electrons. The first-order valence-corrected chi connectivity index (χ1v) is 5.70. The third-order valence-electron chi connectivity index (χ3n) is 1.89. The zero-order chi connectivity index (χ0) is 7.82. The monoisotopic (exact) mass is 176 g/mol. The summed E-state index contributed by atoms with van der Waals surface area (Å²) in [6.07, 6.45) is 7.65. The molecular formula is C6H14AlO2P. The molecule has 1 saturated carbocycles. The average Bonchev–Trinajstić information content (AvgIpc) is 1.91. The molecule has 0 aromatic heterocycles. The van der Waals surface area contributed by atoms with Crippen LogP contribution in [0.4, 0.5) is 0 Å². The average molecular weight is 176 g/mol. The molecule has 0 aromatic rings. The van der Waals surface area contributed by atoms with Gasteiger partial charge >= 0.3 is 8.69 Å². The van der Waals surface area contributed by atoms with Gasteiger partial charge in [0.15, 0.2) is 0 Å². The fraction of sp³-hybridized carbons (Fsp3) is 1.00. The summed E-state index contributed by atoms with van der Waals surface area (Å²) >= 11 is 1.45. The minimum atomic E-state index is -0.833. The maximum Gasteiger partial charge on any atom is 0.324 e. The van der Waals surface area contributed by atoms with Crippen LogP contribution in [0, 0.1) is 0 Å². The van der Waals surface area contributed by atoms with Gasteiger partial charge < -0.3 is 4.89 Å². The van der Waals surface area contributed by atoms with E-state index < -0.39 is 8.69 Å². The second-order valence-corrected chi connectivity index (χ2v) is 4.62. The second kappa shape index (κ2) is 7.70. The summed E-state index contributed by atoms with van der Waals surface area (Å²) in [5, 5.41) is 0. The normalized spacial score (nSPS) is 19.7. The Morgan fingerprint density at radius 1 is 1.30 bits per heavy atom. The Balaban J connectivity index is 0.000000236. The topological polar surface area (TPSA) is 37.3 Å². The fourth-order valence-corrected chi connectivity index (χ4v) is 2.12. The molecule has 1 aliphatic carbocycles. The van der Waals surface area contributed by atoms with Crippen molar-refractivity contribution < 1.29 is 9.46 Å². The molecule has 0 spiro atoms. The van der Waals surface area contributed by atoms with Crippen molar-refractivity contribution in [2.24, 2.45) is 0 Å². The van der Waals surface area contributed by atoms with Gasteiger partial charge in [-0.25, -0.2) is 4.57 Å². The van der Waals surface area contributed by atoms with Crippen molar-refractivity contribution in [3.63, 3.8) is 0 Å². The van der Waals surface area contributed by atoms with E-state index in [0.29, 0.717) is 0 Å². The van der Waals surface area contributed by atoms with Crippen LogP contribution in [0.2, 0.25) is 4.78 Å². The van der Waals surface area contributed by atoms with Crippen molar-refractivity contribution in [3.8, 4) is 0 Å². The molecule has 1 N–H and O–H groups in total. The Bertz CT molecular complexity index is 83.8. The van der Waals surface area contributed by atoms with Gasteiger partial charge in [0.1, 0.15) is 0 Å². The number of rotatable bonds is 0. The van der Waals surface area contributed by atoms with E-state index in [1.807, 2.05) is 0 Å². The molecular weight excluding hydrogens is 162 g/mol.